The lowest BCUT2D eigenvalue weighted by atomic mass is 10.2. The molecule has 90 valence electrons. The standard InChI is InChI=1S/C10H8Cl2N2O2S/c1-15-5-16-8-4-6(11)2-3-7(8)9-13-14-10(12)17-9/h2-4H,5H2,1H3. The molecule has 0 aliphatic rings. The lowest BCUT2D eigenvalue weighted by Gasteiger charge is -2.08. The number of hydrogen-bond donors (Lipinski definition) is 0. The van der Waals surface area contributed by atoms with E-state index in [9.17, 15) is 0 Å². The van der Waals surface area contributed by atoms with Gasteiger partial charge < -0.3 is 9.47 Å². The minimum absolute atomic E-state index is 0.139. The van der Waals surface area contributed by atoms with Crippen LogP contribution in [0.1, 0.15) is 0 Å². The van der Waals surface area contributed by atoms with Gasteiger partial charge in [0.1, 0.15) is 5.75 Å². The Balaban J connectivity index is 2.38. The van der Waals surface area contributed by atoms with Crippen molar-refractivity contribution in [3.63, 3.8) is 0 Å². The highest BCUT2D eigenvalue weighted by molar-refractivity contribution is 7.18. The second-order valence-electron chi connectivity index (χ2n) is 3.05. The van der Waals surface area contributed by atoms with Crippen LogP contribution in [0.2, 0.25) is 9.49 Å². The molecule has 0 spiro atoms. The summed E-state index contributed by atoms with van der Waals surface area (Å²) in [5.74, 6) is 0.590. The summed E-state index contributed by atoms with van der Waals surface area (Å²) in [6.07, 6.45) is 0. The first-order chi connectivity index (χ1) is 8.20. The van der Waals surface area contributed by atoms with Crippen molar-refractivity contribution in [2.45, 2.75) is 0 Å². The second kappa shape index (κ2) is 5.64. The maximum absolute atomic E-state index is 5.91. The molecule has 0 aliphatic carbocycles. The van der Waals surface area contributed by atoms with Crippen molar-refractivity contribution in [2.75, 3.05) is 13.9 Å². The van der Waals surface area contributed by atoms with Crippen molar-refractivity contribution in [1.82, 2.24) is 10.2 Å². The van der Waals surface area contributed by atoms with Crippen LogP contribution in [0.3, 0.4) is 0 Å². The maximum Gasteiger partial charge on any atom is 0.207 e. The molecule has 1 aromatic heterocycles. The highest BCUT2D eigenvalue weighted by Crippen LogP contribution is 2.35. The number of benzene rings is 1. The number of aromatic nitrogens is 2. The summed E-state index contributed by atoms with van der Waals surface area (Å²) in [5, 5.41) is 8.97. The topological polar surface area (TPSA) is 44.2 Å². The van der Waals surface area contributed by atoms with Crippen LogP contribution in [0.25, 0.3) is 10.6 Å². The van der Waals surface area contributed by atoms with E-state index in [2.05, 4.69) is 10.2 Å². The second-order valence-corrected chi connectivity index (χ2v) is 5.05. The van der Waals surface area contributed by atoms with Crippen molar-refractivity contribution >= 4 is 34.5 Å². The quantitative estimate of drug-likeness (QED) is 0.809. The summed E-state index contributed by atoms with van der Waals surface area (Å²) >= 11 is 12.9. The van der Waals surface area contributed by atoms with Gasteiger partial charge in [-0.15, -0.1) is 10.2 Å². The molecule has 0 bridgehead atoms. The van der Waals surface area contributed by atoms with E-state index in [-0.39, 0.29) is 6.79 Å². The van der Waals surface area contributed by atoms with Gasteiger partial charge in [-0.2, -0.15) is 0 Å². The molecule has 0 radical (unpaired) electrons. The first kappa shape index (κ1) is 12.6. The molecule has 0 fully saturated rings. The van der Waals surface area contributed by atoms with Gasteiger partial charge >= 0.3 is 0 Å². The van der Waals surface area contributed by atoms with Gasteiger partial charge in [-0.1, -0.05) is 22.9 Å². The summed E-state index contributed by atoms with van der Waals surface area (Å²) < 4.78 is 10.7. The summed E-state index contributed by atoms with van der Waals surface area (Å²) in [4.78, 5) is 0. The molecule has 0 saturated heterocycles. The zero-order valence-electron chi connectivity index (χ0n) is 8.81. The van der Waals surface area contributed by atoms with Gasteiger partial charge in [0.2, 0.25) is 4.47 Å². The highest BCUT2D eigenvalue weighted by Gasteiger charge is 2.12. The minimum atomic E-state index is 0.139. The van der Waals surface area contributed by atoms with Crippen molar-refractivity contribution in [3.8, 4) is 16.3 Å². The number of hydrogen-bond acceptors (Lipinski definition) is 5. The fraction of sp³-hybridized carbons (Fsp3) is 0.200. The van der Waals surface area contributed by atoms with Crippen LogP contribution in [-0.2, 0) is 4.74 Å². The average Bonchev–Trinajstić information content (AvgIpc) is 2.73. The van der Waals surface area contributed by atoms with E-state index in [1.54, 1.807) is 19.2 Å². The first-order valence-corrected chi connectivity index (χ1v) is 6.18. The Morgan fingerprint density at radius 3 is 2.76 bits per heavy atom. The Kier molecular flexibility index (Phi) is 4.17. The number of rotatable bonds is 4. The molecule has 0 atom stereocenters. The van der Waals surface area contributed by atoms with E-state index >= 15 is 0 Å². The number of methoxy groups -OCH3 is 1. The monoisotopic (exact) mass is 290 g/mol. The molecule has 4 nitrogen and oxygen atoms in total. The van der Waals surface area contributed by atoms with E-state index < -0.39 is 0 Å². The van der Waals surface area contributed by atoms with Crippen LogP contribution in [0.5, 0.6) is 5.75 Å². The molecule has 17 heavy (non-hydrogen) atoms. The fourth-order valence-electron chi connectivity index (χ4n) is 1.23. The third-order valence-electron chi connectivity index (χ3n) is 1.91. The predicted molar refractivity (Wildman–Crippen MR) is 67.9 cm³/mol. The maximum atomic E-state index is 5.91. The molecule has 0 aliphatic heterocycles. The summed E-state index contributed by atoms with van der Waals surface area (Å²) in [5.41, 5.74) is 0.788. The SMILES string of the molecule is COCOc1cc(Cl)ccc1-c1nnc(Cl)s1. The number of nitrogens with zero attached hydrogens (tertiary/aromatic N) is 2. The Labute approximate surface area is 112 Å². The largest absolute Gasteiger partial charge is 0.467 e. The van der Waals surface area contributed by atoms with Gasteiger partial charge in [0.25, 0.3) is 0 Å². The Hall–Kier alpha value is -0.880. The third kappa shape index (κ3) is 3.07. The smallest absolute Gasteiger partial charge is 0.207 e. The molecule has 0 saturated carbocycles. The van der Waals surface area contributed by atoms with Crippen LogP contribution in [0, 0.1) is 0 Å². The number of halogens is 2. The molecular formula is C10H8Cl2N2O2S. The van der Waals surface area contributed by atoms with Crippen molar-refractivity contribution < 1.29 is 9.47 Å². The van der Waals surface area contributed by atoms with E-state index in [4.69, 9.17) is 32.7 Å². The zero-order chi connectivity index (χ0) is 12.3. The predicted octanol–water partition coefficient (Wildman–Crippen LogP) is 3.49. The Morgan fingerprint density at radius 2 is 2.12 bits per heavy atom. The summed E-state index contributed by atoms with van der Waals surface area (Å²) in [6, 6.07) is 5.27. The van der Waals surface area contributed by atoms with E-state index in [1.165, 1.54) is 11.3 Å². The lowest BCUT2D eigenvalue weighted by Crippen LogP contribution is -2.00. The molecule has 0 unspecified atom stereocenters. The van der Waals surface area contributed by atoms with Crippen LogP contribution >= 0.6 is 34.5 Å². The van der Waals surface area contributed by atoms with Crippen LogP contribution in [0.15, 0.2) is 18.2 Å². The van der Waals surface area contributed by atoms with Gasteiger partial charge in [0.15, 0.2) is 11.8 Å². The molecule has 0 amide bonds. The first-order valence-electron chi connectivity index (χ1n) is 4.61. The van der Waals surface area contributed by atoms with Gasteiger partial charge in [-0.25, -0.2) is 0 Å². The Bertz CT molecular complexity index is 519. The fourth-order valence-corrected chi connectivity index (χ4v) is 2.25. The lowest BCUT2D eigenvalue weighted by molar-refractivity contribution is 0.0515. The molecular weight excluding hydrogens is 283 g/mol. The van der Waals surface area contributed by atoms with Crippen molar-refractivity contribution in [2.24, 2.45) is 0 Å². The van der Waals surface area contributed by atoms with E-state index in [0.717, 1.165) is 5.56 Å². The molecule has 2 aromatic rings. The van der Waals surface area contributed by atoms with E-state index in [0.29, 0.717) is 20.2 Å². The van der Waals surface area contributed by atoms with Crippen LogP contribution in [0.4, 0.5) is 0 Å². The van der Waals surface area contributed by atoms with Gasteiger partial charge in [-0.3, -0.25) is 0 Å². The molecule has 0 N–H and O–H groups in total. The third-order valence-corrected chi connectivity index (χ3v) is 3.19. The van der Waals surface area contributed by atoms with Gasteiger partial charge in [-0.05, 0) is 29.8 Å². The Morgan fingerprint density at radius 1 is 1.29 bits per heavy atom. The van der Waals surface area contributed by atoms with Crippen LogP contribution < -0.4 is 4.74 Å². The number of ether oxygens (including phenoxy) is 2. The average molecular weight is 291 g/mol. The van der Waals surface area contributed by atoms with E-state index in [1.807, 2.05) is 6.07 Å². The zero-order valence-corrected chi connectivity index (χ0v) is 11.1. The molecule has 2 rings (SSSR count). The molecule has 7 heteroatoms. The minimum Gasteiger partial charge on any atom is -0.467 e. The van der Waals surface area contributed by atoms with Crippen LogP contribution in [-0.4, -0.2) is 24.1 Å². The van der Waals surface area contributed by atoms with Crippen molar-refractivity contribution in [3.05, 3.63) is 27.7 Å². The molecule has 1 aromatic carbocycles. The summed E-state index contributed by atoms with van der Waals surface area (Å²) in [6.45, 7) is 0.139. The van der Waals surface area contributed by atoms with Crippen molar-refractivity contribution in [1.29, 1.82) is 0 Å². The van der Waals surface area contributed by atoms with Gasteiger partial charge in [0.05, 0.1) is 5.56 Å². The summed E-state index contributed by atoms with van der Waals surface area (Å²) in [7, 11) is 1.55. The van der Waals surface area contributed by atoms with Gasteiger partial charge in [0, 0.05) is 12.1 Å². The highest BCUT2D eigenvalue weighted by atomic mass is 35.5. The molecule has 1 heterocycles. The normalized spacial score (nSPS) is 10.5.